The van der Waals surface area contributed by atoms with E-state index in [9.17, 15) is 9.59 Å². The first-order valence-electron chi connectivity index (χ1n) is 6.51. The molecule has 0 spiro atoms. The van der Waals surface area contributed by atoms with Crippen molar-refractivity contribution in [2.45, 2.75) is 19.4 Å². The van der Waals surface area contributed by atoms with Gasteiger partial charge in [-0.2, -0.15) is 5.10 Å². The van der Waals surface area contributed by atoms with E-state index in [1.54, 1.807) is 6.08 Å². The predicted molar refractivity (Wildman–Crippen MR) is 80.7 cm³/mol. The molecule has 0 bridgehead atoms. The van der Waals surface area contributed by atoms with E-state index in [1.165, 1.54) is 10.9 Å². The molecule has 6 nitrogen and oxygen atoms in total. The Balaban J connectivity index is 2.02. The third-order valence-corrected chi connectivity index (χ3v) is 3.94. The lowest BCUT2D eigenvalue weighted by Crippen LogP contribution is -2.33. The number of carbonyl (C=O) groups excluding carboxylic acids is 1. The Morgan fingerprint density at radius 2 is 2.20 bits per heavy atom. The second-order valence-electron chi connectivity index (χ2n) is 4.59. The minimum Gasteiger partial charge on any atom is -0.374 e. The van der Waals surface area contributed by atoms with E-state index >= 15 is 0 Å². The molecule has 2 heterocycles. The average Bonchev–Trinajstić information content (AvgIpc) is 2.97. The summed E-state index contributed by atoms with van der Waals surface area (Å²) in [7, 11) is 0. The predicted octanol–water partition coefficient (Wildman–Crippen LogP) is 1.23. The number of nitrogens with one attached hydrogen (secondary N) is 1. The Labute approximate surface area is 125 Å². The van der Waals surface area contributed by atoms with Gasteiger partial charge in [0.2, 0.25) is 5.91 Å². The SMILES string of the molecule is C=CCn1ncc(NCC(=O)N2CCCC2)c(Br)c1=O. The van der Waals surface area contributed by atoms with Gasteiger partial charge in [0.1, 0.15) is 4.47 Å². The van der Waals surface area contributed by atoms with Gasteiger partial charge in [-0.1, -0.05) is 6.08 Å². The average molecular weight is 341 g/mol. The van der Waals surface area contributed by atoms with Gasteiger partial charge >= 0.3 is 0 Å². The topological polar surface area (TPSA) is 67.2 Å². The van der Waals surface area contributed by atoms with Crippen LogP contribution in [-0.4, -0.2) is 40.2 Å². The fraction of sp³-hybridized carbons (Fsp3) is 0.462. The largest absolute Gasteiger partial charge is 0.374 e. The molecule has 1 amide bonds. The van der Waals surface area contributed by atoms with Crippen LogP contribution in [0.3, 0.4) is 0 Å². The van der Waals surface area contributed by atoms with Gasteiger partial charge in [0, 0.05) is 13.1 Å². The van der Waals surface area contributed by atoms with Crippen LogP contribution in [0.1, 0.15) is 12.8 Å². The quantitative estimate of drug-likeness (QED) is 0.818. The lowest BCUT2D eigenvalue weighted by molar-refractivity contribution is -0.128. The molecule has 2 rings (SSSR count). The highest BCUT2D eigenvalue weighted by Gasteiger charge is 2.18. The monoisotopic (exact) mass is 340 g/mol. The Morgan fingerprint density at radius 3 is 2.85 bits per heavy atom. The number of hydrogen-bond donors (Lipinski definition) is 1. The molecule has 1 saturated heterocycles. The van der Waals surface area contributed by atoms with Gasteiger partial charge in [0.25, 0.3) is 5.56 Å². The van der Waals surface area contributed by atoms with Crippen LogP contribution in [0.25, 0.3) is 0 Å². The number of aromatic nitrogens is 2. The van der Waals surface area contributed by atoms with Crippen molar-refractivity contribution in [2.75, 3.05) is 25.0 Å². The van der Waals surface area contributed by atoms with Crippen molar-refractivity contribution in [3.8, 4) is 0 Å². The van der Waals surface area contributed by atoms with Crippen molar-refractivity contribution in [1.82, 2.24) is 14.7 Å². The summed E-state index contributed by atoms with van der Waals surface area (Å²) >= 11 is 3.24. The van der Waals surface area contributed by atoms with Crippen LogP contribution in [0.5, 0.6) is 0 Å². The maximum absolute atomic E-state index is 12.0. The maximum atomic E-state index is 12.0. The number of hydrogen-bond acceptors (Lipinski definition) is 4. The summed E-state index contributed by atoms with van der Waals surface area (Å²) < 4.78 is 1.67. The van der Waals surface area contributed by atoms with Gasteiger partial charge in [-0.3, -0.25) is 9.59 Å². The number of carbonyl (C=O) groups is 1. The van der Waals surface area contributed by atoms with Gasteiger partial charge < -0.3 is 10.2 Å². The van der Waals surface area contributed by atoms with Crippen molar-refractivity contribution in [3.05, 3.63) is 33.7 Å². The second kappa shape index (κ2) is 6.69. The van der Waals surface area contributed by atoms with E-state index < -0.39 is 0 Å². The zero-order valence-corrected chi connectivity index (χ0v) is 12.7. The van der Waals surface area contributed by atoms with E-state index in [0.29, 0.717) is 16.7 Å². The minimum absolute atomic E-state index is 0.0460. The van der Waals surface area contributed by atoms with E-state index in [1.807, 2.05) is 4.90 Å². The minimum atomic E-state index is -0.247. The molecule has 0 saturated carbocycles. The summed E-state index contributed by atoms with van der Waals surface area (Å²) in [5.41, 5.74) is 0.284. The van der Waals surface area contributed by atoms with E-state index in [-0.39, 0.29) is 18.0 Å². The molecule has 1 aromatic rings. The van der Waals surface area contributed by atoms with Gasteiger partial charge in [-0.05, 0) is 28.8 Å². The van der Waals surface area contributed by atoms with Crippen LogP contribution in [0.2, 0.25) is 0 Å². The Bertz CT molecular complexity index is 564. The summed E-state index contributed by atoms with van der Waals surface area (Å²) in [6.45, 7) is 5.74. The molecule has 108 valence electrons. The highest BCUT2D eigenvalue weighted by atomic mass is 79.9. The van der Waals surface area contributed by atoms with Crippen molar-refractivity contribution >= 4 is 27.5 Å². The molecule has 7 heteroatoms. The lowest BCUT2D eigenvalue weighted by atomic mass is 10.4. The molecule has 20 heavy (non-hydrogen) atoms. The Morgan fingerprint density at radius 1 is 1.50 bits per heavy atom. The van der Waals surface area contributed by atoms with Crippen molar-refractivity contribution < 1.29 is 4.79 Å². The van der Waals surface area contributed by atoms with Crippen LogP contribution in [0.4, 0.5) is 5.69 Å². The van der Waals surface area contributed by atoms with Crippen molar-refractivity contribution in [3.63, 3.8) is 0 Å². The molecule has 0 unspecified atom stereocenters. The van der Waals surface area contributed by atoms with Gasteiger partial charge in [0.05, 0.1) is 25.0 Å². The summed E-state index contributed by atoms with van der Waals surface area (Å²) in [6.07, 6.45) is 5.26. The molecule has 0 radical (unpaired) electrons. The molecule has 0 aliphatic carbocycles. The summed E-state index contributed by atoms with van der Waals surface area (Å²) in [4.78, 5) is 25.7. The summed E-state index contributed by atoms with van der Waals surface area (Å²) in [5.74, 6) is 0.0460. The van der Waals surface area contributed by atoms with Crippen LogP contribution in [0.15, 0.2) is 28.1 Å². The third-order valence-electron chi connectivity index (χ3n) is 3.18. The fourth-order valence-corrected chi connectivity index (χ4v) is 2.54. The normalized spacial score (nSPS) is 14.3. The first-order valence-corrected chi connectivity index (χ1v) is 7.31. The highest BCUT2D eigenvalue weighted by Crippen LogP contribution is 2.16. The molecule has 0 aromatic carbocycles. The van der Waals surface area contributed by atoms with Gasteiger partial charge in [-0.15, -0.1) is 6.58 Å². The van der Waals surface area contributed by atoms with E-state index in [4.69, 9.17) is 0 Å². The Hall–Kier alpha value is -1.63. The number of allylic oxidation sites excluding steroid dienone is 1. The van der Waals surface area contributed by atoms with Crippen LogP contribution in [-0.2, 0) is 11.3 Å². The number of likely N-dealkylation sites (tertiary alicyclic amines) is 1. The highest BCUT2D eigenvalue weighted by molar-refractivity contribution is 9.10. The molecule has 1 N–H and O–H groups in total. The van der Waals surface area contributed by atoms with Crippen molar-refractivity contribution in [2.24, 2.45) is 0 Å². The third kappa shape index (κ3) is 3.27. The molecular formula is C13H17BrN4O2. The smallest absolute Gasteiger partial charge is 0.283 e. The van der Waals surface area contributed by atoms with Crippen molar-refractivity contribution in [1.29, 1.82) is 0 Å². The first-order chi connectivity index (χ1) is 9.63. The number of rotatable bonds is 5. The van der Waals surface area contributed by atoms with Gasteiger partial charge in [-0.25, -0.2) is 4.68 Å². The molecule has 1 fully saturated rings. The summed E-state index contributed by atoms with van der Waals surface area (Å²) in [6, 6.07) is 0. The number of halogens is 1. The standard InChI is InChI=1S/C13H17BrN4O2/c1-2-5-18-13(20)12(14)10(8-16-18)15-9-11(19)17-6-3-4-7-17/h2,8,15H,1,3-7,9H2. The molecule has 1 aliphatic heterocycles. The van der Waals surface area contributed by atoms with Gasteiger partial charge in [0.15, 0.2) is 0 Å². The molecule has 1 aliphatic rings. The van der Waals surface area contributed by atoms with E-state index in [0.717, 1.165) is 25.9 Å². The van der Waals surface area contributed by atoms with Crippen LogP contribution >= 0.6 is 15.9 Å². The maximum Gasteiger partial charge on any atom is 0.283 e. The molecule has 0 atom stereocenters. The van der Waals surface area contributed by atoms with Crippen LogP contribution < -0.4 is 10.9 Å². The second-order valence-corrected chi connectivity index (χ2v) is 5.38. The van der Waals surface area contributed by atoms with E-state index in [2.05, 4.69) is 32.9 Å². The van der Waals surface area contributed by atoms with Crippen LogP contribution in [0, 0.1) is 0 Å². The number of amides is 1. The number of anilines is 1. The zero-order valence-electron chi connectivity index (χ0n) is 11.1. The number of nitrogens with zero attached hydrogens (tertiary/aromatic N) is 3. The molecular weight excluding hydrogens is 324 g/mol. The Kier molecular flexibility index (Phi) is 4.94. The molecule has 1 aromatic heterocycles. The first kappa shape index (κ1) is 14.8. The lowest BCUT2D eigenvalue weighted by Gasteiger charge is -2.16. The fourth-order valence-electron chi connectivity index (χ4n) is 2.09. The summed E-state index contributed by atoms with van der Waals surface area (Å²) in [5, 5.41) is 6.98. The zero-order chi connectivity index (χ0) is 14.5.